The van der Waals surface area contributed by atoms with Gasteiger partial charge in [0.15, 0.2) is 5.69 Å². The first-order chi connectivity index (χ1) is 15.6. The molecule has 0 atom stereocenters. The van der Waals surface area contributed by atoms with Crippen LogP contribution in [0.2, 0.25) is 0 Å². The van der Waals surface area contributed by atoms with Crippen molar-refractivity contribution in [3.05, 3.63) is 83.1 Å². The SMILES string of the molecule is Cc1c(NC(=O)c2cc(C(N)=O)c3ccccc3n2)c(C(F)(F)F)nn1Cc1ccncc1. The highest BCUT2D eigenvalue weighted by Crippen LogP contribution is 2.36. The molecule has 0 bridgehead atoms. The number of amides is 2. The van der Waals surface area contributed by atoms with Crippen molar-refractivity contribution in [3.8, 4) is 0 Å². The first-order valence-corrected chi connectivity index (χ1v) is 9.69. The Kier molecular flexibility index (Phi) is 5.54. The number of nitrogens with one attached hydrogen (secondary N) is 1. The predicted molar refractivity (Wildman–Crippen MR) is 114 cm³/mol. The van der Waals surface area contributed by atoms with E-state index in [2.05, 4.69) is 20.4 Å². The standard InChI is InChI=1S/C22H17F3N6O2/c1-12-18(19(22(23,24)25)30-31(12)11-13-6-8-27-9-7-13)29-21(33)17-10-15(20(26)32)14-4-2-3-5-16(14)28-17/h2-10H,11H2,1H3,(H2,26,32)(H,29,33). The Morgan fingerprint density at radius 2 is 1.82 bits per heavy atom. The quantitative estimate of drug-likeness (QED) is 0.479. The molecule has 11 heteroatoms. The fraction of sp³-hybridized carbons (Fsp3) is 0.136. The van der Waals surface area contributed by atoms with Crippen molar-refractivity contribution in [3.63, 3.8) is 0 Å². The monoisotopic (exact) mass is 454 g/mol. The number of nitrogens with two attached hydrogens (primary N) is 1. The van der Waals surface area contributed by atoms with Crippen LogP contribution in [-0.4, -0.2) is 31.6 Å². The van der Waals surface area contributed by atoms with Gasteiger partial charge in [0.2, 0.25) is 5.91 Å². The maximum atomic E-state index is 13.7. The third-order valence-corrected chi connectivity index (χ3v) is 5.01. The third kappa shape index (κ3) is 4.38. The summed E-state index contributed by atoms with van der Waals surface area (Å²) in [6, 6.07) is 11.0. The van der Waals surface area contributed by atoms with Gasteiger partial charge in [0.1, 0.15) is 5.69 Å². The summed E-state index contributed by atoms with van der Waals surface area (Å²) in [5, 5.41) is 6.38. The van der Waals surface area contributed by atoms with Crippen molar-refractivity contribution >= 4 is 28.4 Å². The van der Waals surface area contributed by atoms with Gasteiger partial charge in [-0.1, -0.05) is 18.2 Å². The summed E-state index contributed by atoms with van der Waals surface area (Å²) in [6.45, 7) is 1.47. The van der Waals surface area contributed by atoms with Gasteiger partial charge in [-0.3, -0.25) is 19.3 Å². The lowest BCUT2D eigenvalue weighted by molar-refractivity contribution is -0.140. The second kappa shape index (κ2) is 8.34. The van der Waals surface area contributed by atoms with Crippen LogP contribution in [0, 0.1) is 6.92 Å². The van der Waals surface area contributed by atoms with E-state index in [4.69, 9.17) is 5.73 Å². The van der Waals surface area contributed by atoms with Crippen LogP contribution in [0.3, 0.4) is 0 Å². The molecule has 0 aliphatic carbocycles. The van der Waals surface area contributed by atoms with Crippen LogP contribution in [0.5, 0.6) is 0 Å². The Morgan fingerprint density at radius 3 is 2.48 bits per heavy atom. The summed E-state index contributed by atoms with van der Waals surface area (Å²) in [5.41, 5.74) is 4.56. The fourth-order valence-corrected chi connectivity index (χ4v) is 3.38. The third-order valence-electron chi connectivity index (χ3n) is 5.01. The molecule has 33 heavy (non-hydrogen) atoms. The van der Waals surface area contributed by atoms with Crippen molar-refractivity contribution < 1.29 is 22.8 Å². The average Bonchev–Trinajstić information content (AvgIpc) is 3.09. The zero-order valence-electron chi connectivity index (χ0n) is 17.2. The van der Waals surface area contributed by atoms with Crippen molar-refractivity contribution in [2.24, 2.45) is 5.73 Å². The van der Waals surface area contributed by atoms with E-state index in [0.717, 1.165) is 10.7 Å². The van der Waals surface area contributed by atoms with E-state index in [0.29, 0.717) is 16.5 Å². The van der Waals surface area contributed by atoms with Gasteiger partial charge in [0.05, 0.1) is 29.0 Å². The molecule has 0 fully saturated rings. The molecular weight excluding hydrogens is 437 g/mol. The van der Waals surface area contributed by atoms with E-state index >= 15 is 0 Å². The van der Waals surface area contributed by atoms with Gasteiger partial charge in [0.25, 0.3) is 5.91 Å². The highest BCUT2D eigenvalue weighted by Gasteiger charge is 2.39. The van der Waals surface area contributed by atoms with E-state index in [-0.39, 0.29) is 23.5 Å². The Morgan fingerprint density at radius 1 is 1.12 bits per heavy atom. The molecule has 8 nitrogen and oxygen atoms in total. The topological polar surface area (TPSA) is 116 Å². The maximum absolute atomic E-state index is 13.7. The van der Waals surface area contributed by atoms with Crippen LogP contribution in [0.25, 0.3) is 10.9 Å². The first kappa shape index (κ1) is 21.9. The molecule has 1 aromatic carbocycles. The van der Waals surface area contributed by atoms with E-state index in [1.807, 2.05) is 0 Å². The van der Waals surface area contributed by atoms with Crippen molar-refractivity contribution in [1.29, 1.82) is 0 Å². The van der Waals surface area contributed by atoms with Gasteiger partial charge in [0, 0.05) is 17.8 Å². The molecule has 0 aliphatic rings. The maximum Gasteiger partial charge on any atom is 0.437 e. The molecule has 0 radical (unpaired) electrons. The number of hydrogen-bond acceptors (Lipinski definition) is 5. The zero-order chi connectivity index (χ0) is 23.8. The van der Waals surface area contributed by atoms with Crippen LogP contribution in [0.1, 0.15) is 37.8 Å². The number of fused-ring (bicyclic) bond motifs is 1. The number of pyridine rings is 2. The Hall–Kier alpha value is -4.28. The lowest BCUT2D eigenvalue weighted by Crippen LogP contribution is -2.19. The minimum absolute atomic E-state index is 0.0342. The van der Waals surface area contributed by atoms with E-state index in [9.17, 15) is 22.8 Å². The molecule has 2 amide bonds. The van der Waals surface area contributed by atoms with Crippen molar-refractivity contribution in [2.75, 3.05) is 5.32 Å². The molecule has 168 valence electrons. The highest BCUT2D eigenvalue weighted by atomic mass is 19.4. The molecule has 4 rings (SSSR count). The minimum atomic E-state index is -4.81. The summed E-state index contributed by atoms with van der Waals surface area (Å²) < 4.78 is 42.2. The summed E-state index contributed by atoms with van der Waals surface area (Å²) in [7, 11) is 0. The number of para-hydroxylation sites is 1. The molecule has 0 saturated heterocycles. The fourth-order valence-electron chi connectivity index (χ4n) is 3.38. The van der Waals surface area contributed by atoms with E-state index in [1.165, 1.54) is 19.3 Å². The number of primary amides is 1. The van der Waals surface area contributed by atoms with Gasteiger partial charge in [-0.2, -0.15) is 18.3 Å². The van der Waals surface area contributed by atoms with Crippen LogP contribution < -0.4 is 11.1 Å². The molecule has 0 saturated carbocycles. The highest BCUT2D eigenvalue weighted by molar-refractivity contribution is 6.10. The van der Waals surface area contributed by atoms with Gasteiger partial charge < -0.3 is 11.1 Å². The van der Waals surface area contributed by atoms with Crippen molar-refractivity contribution in [2.45, 2.75) is 19.6 Å². The normalized spacial score (nSPS) is 11.5. The Bertz CT molecular complexity index is 1370. The molecule has 4 aromatic rings. The molecule has 3 heterocycles. The Balaban J connectivity index is 1.74. The number of benzene rings is 1. The molecule has 3 N–H and O–H groups in total. The molecule has 0 aliphatic heterocycles. The first-order valence-electron chi connectivity index (χ1n) is 9.69. The number of nitrogens with zero attached hydrogens (tertiary/aromatic N) is 4. The number of halogens is 3. The summed E-state index contributed by atoms with van der Waals surface area (Å²) >= 11 is 0. The lowest BCUT2D eigenvalue weighted by atomic mass is 10.1. The second-order valence-corrected chi connectivity index (χ2v) is 7.21. The summed E-state index contributed by atoms with van der Waals surface area (Å²) in [5.74, 6) is -1.72. The number of hydrogen-bond donors (Lipinski definition) is 2. The number of anilines is 1. The van der Waals surface area contributed by atoms with Crippen LogP contribution >= 0.6 is 0 Å². The largest absolute Gasteiger partial charge is 0.437 e. The number of rotatable bonds is 5. The molecule has 3 aromatic heterocycles. The van der Waals surface area contributed by atoms with Crippen LogP contribution in [0.4, 0.5) is 18.9 Å². The Labute approximate surface area is 185 Å². The van der Waals surface area contributed by atoms with Crippen LogP contribution in [-0.2, 0) is 12.7 Å². The van der Waals surface area contributed by atoms with Gasteiger partial charge in [-0.05, 0) is 36.8 Å². The van der Waals surface area contributed by atoms with Crippen LogP contribution in [0.15, 0.2) is 54.9 Å². The van der Waals surface area contributed by atoms with E-state index in [1.54, 1.807) is 36.4 Å². The lowest BCUT2D eigenvalue weighted by Gasteiger charge is -2.10. The zero-order valence-corrected chi connectivity index (χ0v) is 17.2. The summed E-state index contributed by atoms with van der Waals surface area (Å²) in [6.07, 6.45) is -1.78. The number of carbonyl (C=O) groups is 2. The number of aromatic nitrogens is 4. The summed E-state index contributed by atoms with van der Waals surface area (Å²) in [4.78, 5) is 32.8. The number of alkyl halides is 3. The van der Waals surface area contributed by atoms with Gasteiger partial charge in [-0.15, -0.1) is 0 Å². The van der Waals surface area contributed by atoms with E-state index < -0.39 is 29.4 Å². The van der Waals surface area contributed by atoms with Gasteiger partial charge in [-0.25, -0.2) is 4.98 Å². The van der Waals surface area contributed by atoms with Gasteiger partial charge >= 0.3 is 6.18 Å². The molecular formula is C22H17F3N6O2. The minimum Gasteiger partial charge on any atom is -0.366 e. The molecule has 0 spiro atoms. The number of carbonyl (C=O) groups excluding carboxylic acids is 2. The smallest absolute Gasteiger partial charge is 0.366 e. The van der Waals surface area contributed by atoms with Crippen molar-refractivity contribution in [1.82, 2.24) is 19.7 Å². The predicted octanol–water partition coefficient (Wildman–Crippen LogP) is 3.55. The average molecular weight is 454 g/mol. The molecule has 0 unspecified atom stereocenters. The second-order valence-electron chi connectivity index (χ2n) is 7.21.